The number of benzene rings is 1. The van der Waals surface area contributed by atoms with Crippen molar-refractivity contribution in [2.75, 3.05) is 0 Å². The summed E-state index contributed by atoms with van der Waals surface area (Å²) in [5, 5.41) is 0. The second kappa shape index (κ2) is 6.85. The van der Waals surface area contributed by atoms with Gasteiger partial charge in [0.15, 0.2) is 5.54 Å². The molecule has 0 N–H and O–H groups in total. The fourth-order valence-corrected chi connectivity index (χ4v) is 6.42. The lowest BCUT2D eigenvalue weighted by Gasteiger charge is -2.55. The lowest BCUT2D eigenvalue weighted by atomic mass is 9.52. The van der Waals surface area contributed by atoms with E-state index in [4.69, 9.17) is 22.9 Å². The highest BCUT2D eigenvalue weighted by Crippen LogP contribution is 2.55. The van der Waals surface area contributed by atoms with Crippen molar-refractivity contribution in [3.05, 3.63) is 29.3 Å². The molecule has 0 spiro atoms. The van der Waals surface area contributed by atoms with E-state index in [9.17, 15) is 0 Å². The molecule has 1 aliphatic carbocycles. The molecule has 0 amide bonds. The molecule has 144 valence electrons. The summed E-state index contributed by atoms with van der Waals surface area (Å²) in [7, 11) is 0. The van der Waals surface area contributed by atoms with Crippen molar-refractivity contribution in [2.45, 2.75) is 85.1 Å². The quantitative estimate of drug-likeness (QED) is 0.388. The van der Waals surface area contributed by atoms with Gasteiger partial charge in [-0.15, -0.1) is 0 Å². The van der Waals surface area contributed by atoms with Gasteiger partial charge in [-0.2, -0.15) is 0 Å². The molecule has 3 aliphatic rings. The van der Waals surface area contributed by atoms with Crippen LogP contribution < -0.4 is 0 Å². The summed E-state index contributed by atoms with van der Waals surface area (Å²) < 4.78 is 2.63. The van der Waals surface area contributed by atoms with Crippen molar-refractivity contribution < 1.29 is 4.58 Å². The summed E-state index contributed by atoms with van der Waals surface area (Å²) in [5.41, 5.74) is 4.39. The monoisotopic (exact) mass is 393 g/mol. The third-order valence-corrected chi connectivity index (χ3v) is 7.81. The first kappa shape index (κ1) is 20.3. The Bertz CT molecular complexity index is 713. The van der Waals surface area contributed by atoms with Crippen molar-refractivity contribution in [3.8, 4) is 0 Å². The van der Waals surface area contributed by atoms with Crippen molar-refractivity contribution in [1.29, 1.82) is 0 Å². The molecular weight excluding hydrogens is 360 g/mol. The Labute approximate surface area is 170 Å². The molecule has 2 bridgehead atoms. The third kappa shape index (κ3) is 2.96. The van der Waals surface area contributed by atoms with Gasteiger partial charge in [-0.1, -0.05) is 59.7 Å². The predicted octanol–water partition coefficient (Wildman–Crippen LogP) is 6.85. The van der Waals surface area contributed by atoms with Gasteiger partial charge in [-0.3, -0.25) is 0 Å². The molecule has 3 atom stereocenters. The van der Waals surface area contributed by atoms with Crippen LogP contribution in [0.2, 0.25) is 0 Å². The van der Waals surface area contributed by atoms with Crippen LogP contribution in [0.25, 0.3) is 0 Å². The number of halogens is 2. The largest absolute Gasteiger partial charge is 0.359 e. The fraction of sp³-hybridized carbons (Fsp3) is 0.682. The average Bonchev–Trinajstić information content (AvgIpc) is 2.54. The van der Waals surface area contributed by atoms with Crippen molar-refractivity contribution in [2.24, 2.45) is 11.3 Å². The molecule has 26 heavy (non-hydrogen) atoms. The molecule has 0 saturated heterocycles. The van der Waals surface area contributed by atoms with Gasteiger partial charge in [-0.25, -0.2) is 4.58 Å². The van der Waals surface area contributed by atoms with E-state index in [1.165, 1.54) is 41.7 Å². The van der Waals surface area contributed by atoms with Crippen molar-refractivity contribution >= 4 is 39.8 Å². The molecule has 0 radical (unpaired) electrons. The maximum atomic E-state index is 6.75. The molecule has 1 nitrogen and oxygen atoms in total. The van der Waals surface area contributed by atoms with Gasteiger partial charge < -0.3 is 22.9 Å². The van der Waals surface area contributed by atoms with Crippen LogP contribution in [0.15, 0.2) is 18.2 Å². The zero-order chi connectivity index (χ0) is 19.4. The molecule has 0 aromatic heterocycles. The zero-order valence-corrected chi connectivity index (χ0v) is 19.0. The van der Waals surface area contributed by atoms with Crippen LogP contribution >= 0.6 is 22.9 Å². The molecular formula is C22H34BCl2N. The van der Waals surface area contributed by atoms with Crippen LogP contribution in [0, 0.1) is 11.3 Å². The van der Waals surface area contributed by atoms with Gasteiger partial charge in [-0.05, 0) is 24.2 Å². The average molecular weight is 394 g/mol. The Kier molecular flexibility index (Phi) is 5.34. The van der Waals surface area contributed by atoms with Crippen LogP contribution in [0.1, 0.15) is 90.7 Å². The first-order valence-electron chi connectivity index (χ1n) is 10.3. The van der Waals surface area contributed by atoms with Crippen LogP contribution in [-0.4, -0.2) is 21.3 Å². The van der Waals surface area contributed by atoms with Crippen molar-refractivity contribution in [3.63, 3.8) is 0 Å². The normalized spacial score (nSPS) is 31.6. The maximum absolute atomic E-state index is 6.75. The summed E-state index contributed by atoms with van der Waals surface area (Å²) >= 11 is 13.5. The van der Waals surface area contributed by atoms with E-state index in [0.717, 1.165) is 0 Å². The van der Waals surface area contributed by atoms with Crippen LogP contribution in [-0.2, 0) is 0 Å². The highest BCUT2D eigenvalue weighted by Gasteiger charge is 2.59. The van der Waals surface area contributed by atoms with E-state index in [-0.39, 0.29) is 11.0 Å². The summed E-state index contributed by atoms with van der Waals surface area (Å²) in [6.07, 6.45) is 3.61. The summed E-state index contributed by atoms with van der Waals surface area (Å²) in [5.74, 6) is 1.56. The molecule has 0 unspecified atom stereocenters. The fourth-order valence-electron chi connectivity index (χ4n) is 5.57. The molecule has 4 heteroatoms. The molecule has 2 aliphatic heterocycles. The van der Waals surface area contributed by atoms with Gasteiger partial charge in [0.05, 0.1) is 0 Å². The van der Waals surface area contributed by atoms with Crippen LogP contribution in [0.3, 0.4) is 0 Å². The lowest BCUT2D eigenvalue weighted by molar-refractivity contribution is -0.555. The minimum Gasteiger partial charge on any atom is -0.359 e. The number of hydrogen-bond acceptors (Lipinski definition) is 0. The SMILES string of the molecule is CC(C)c1cccc(C(C)C)c1[N+]1=C([BH-](Cl)Cl)[C@@]2(C)CC[C@]1(C)C[C@H]2C. The Morgan fingerprint density at radius 3 is 2.00 bits per heavy atom. The number of hydrogen-bond donors (Lipinski definition) is 0. The first-order chi connectivity index (χ1) is 12.0. The van der Waals surface area contributed by atoms with E-state index < -0.39 is 5.54 Å². The van der Waals surface area contributed by atoms with Gasteiger partial charge >= 0.3 is 0 Å². The van der Waals surface area contributed by atoms with Gasteiger partial charge in [0.2, 0.25) is 11.2 Å². The second-order valence-corrected chi connectivity index (χ2v) is 11.1. The minimum absolute atomic E-state index is 0.107. The van der Waals surface area contributed by atoms with E-state index in [0.29, 0.717) is 17.8 Å². The van der Waals surface area contributed by atoms with E-state index in [1.807, 2.05) is 0 Å². The minimum atomic E-state index is -1.38. The smallest absolute Gasteiger partial charge is 0.242 e. The Hall–Kier alpha value is -0.465. The molecule has 1 fully saturated rings. The predicted molar refractivity (Wildman–Crippen MR) is 118 cm³/mol. The highest BCUT2D eigenvalue weighted by atomic mass is 35.5. The van der Waals surface area contributed by atoms with E-state index in [1.54, 1.807) is 0 Å². The van der Waals surface area contributed by atoms with Crippen molar-refractivity contribution in [1.82, 2.24) is 0 Å². The van der Waals surface area contributed by atoms with Gasteiger partial charge in [0, 0.05) is 41.9 Å². The van der Waals surface area contributed by atoms with Gasteiger partial charge in [0.25, 0.3) is 0 Å². The standard InChI is InChI=1S/C22H34BCl2N/c1-14(2)17-9-8-10-18(15(3)4)19(17)26-20(23(24)25)22(7)12-11-21(26,6)13-16(22)5/h8-10,14-16,23H,11-13H2,1-7H3/t16-,21-,22+/m1/s1. The molecule has 1 saturated carbocycles. The Morgan fingerprint density at radius 1 is 1.04 bits per heavy atom. The maximum Gasteiger partial charge on any atom is 0.242 e. The summed E-state index contributed by atoms with van der Waals surface area (Å²) in [6.45, 7) is 16.4. The first-order valence-corrected chi connectivity index (χ1v) is 11.3. The summed E-state index contributed by atoms with van der Waals surface area (Å²) in [4.78, 5) is 0. The number of fused-ring (bicyclic) bond motifs is 2. The number of rotatable bonds is 4. The Balaban J connectivity index is 2.43. The van der Waals surface area contributed by atoms with Crippen LogP contribution in [0.4, 0.5) is 5.69 Å². The number of para-hydroxylation sites is 1. The zero-order valence-electron chi connectivity index (χ0n) is 17.5. The lowest BCUT2D eigenvalue weighted by Crippen LogP contribution is -2.62. The molecule has 2 heterocycles. The molecule has 1 aromatic carbocycles. The van der Waals surface area contributed by atoms with Gasteiger partial charge in [0.1, 0.15) is 0 Å². The van der Waals surface area contributed by atoms with E-state index >= 15 is 0 Å². The third-order valence-electron chi connectivity index (χ3n) is 7.30. The molecule has 1 aromatic rings. The second-order valence-electron chi connectivity index (χ2n) is 9.76. The summed E-state index contributed by atoms with van der Waals surface area (Å²) in [6, 6.07) is 6.82. The van der Waals surface area contributed by atoms with E-state index in [2.05, 4.69) is 71.2 Å². The highest BCUT2D eigenvalue weighted by molar-refractivity contribution is 7.46. The molecule has 4 rings (SSSR count). The van der Waals surface area contributed by atoms with Crippen LogP contribution in [0.5, 0.6) is 0 Å². The Morgan fingerprint density at radius 2 is 1.58 bits per heavy atom. The topological polar surface area (TPSA) is 3.01 Å². The number of nitrogens with zero attached hydrogens (tertiary/aromatic N) is 1.